The quantitative estimate of drug-likeness (QED) is 0.697. The van der Waals surface area contributed by atoms with Crippen molar-refractivity contribution in [2.45, 2.75) is 38.3 Å². The Balaban J connectivity index is 1.63. The van der Waals surface area contributed by atoms with Crippen LogP contribution in [-0.2, 0) is 6.54 Å². The lowest BCUT2D eigenvalue weighted by Crippen LogP contribution is -2.38. The first-order valence-corrected chi connectivity index (χ1v) is 9.08. The number of hydrogen-bond donors (Lipinski definition) is 1. The summed E-state index contributed by atoms with van der Waals surface area (Å²) in [7, 11) is 0. The number of hydrogen-bond acceptors (Lipinski definition) is 5. The SMILES string of the molecule is O=C(O)c1ccc(CN(C(=O)c2ccc3nc(Cl)oc3c2)C2CCCC2)o1. The second kappa shape index (κ2) is 7.08. The summed E-state index contributed by atoms with van der Waals surface area (Å²) in [5.74, 6) is -0.991. The molecule has 0 radical (unpaired) electrons. The zero-order valence-corrected chi connectivity index (χ0v) is 15.1. The van der Waals surface area contributed by atoms with E-state index < -0.39 is 5.97 Å². The van der Waals surface area contributed by atoms with Crippen molar-refractivity contribution in [3.63, 3.8) is 0 Å². The predicted octanol–water partition coefficient (Wildman–Crippen LogP) is 4.36. The van der Waals surface area contributed by atoms with Crippen LogP contribution in [0.3, 0.4) is 0 Å². The standard InChI is InChI=1S/C19H17ClN2O5/c20-19-21-14-7-5-11(9-16(14)27-19)17(23)22(12-3-1-2-4-12)10-13-6-8-15(26-13)18(24)25/h5-9,12H,1-4,10H2,(H,24,25). The largest absolute Gasteiger partial charge is 0.475 e. The second-order valence-electron chi connectivity index (χ2n) is 6.59. The molecule has 1 aliphatic rings. The van der Waals surface area contributed by atoms with E-state index in [-0.39, 0.29) is 29.6 Å². The molecule has 0 atom stereocenters. The van der Waals surface area contributed by atoms with Crippen LogP contribution in [0.2, 0.25) is 5.35 Å². The Morgan fingerprint density at radius 3 is 2.67 bits per heavy atom. The molecule has 7 nitrogen and oxygen atoms in total. The number of carbonyl (C=O) groups excluding carboxylic acids is 1. The van der Waals surface area contributed by atoms with E-state index in [9.17, 15) is 9.59 Å². The van der Waals surface area contributed by atoms with Crippen molar-refractivity contribution in [2.24, 2.45) is 0 Å². The van der Waals surface area contributed by atoms with Gasteiger partial charge in [-0.05, 0) is 54.8 Å². The molecule has 0 aliphatic heterocycles. The Labute approximate surface area is 159 Å². The van der Waals surface area contributed by atoms with Gasteiger partial charge in [-0.1, -0.05) is 12.8 Å². The topological polar surface area (TPSA) is 96.8 Å². The fourth-order valence-corrected chi connectivity index (χ4v) is 3.70. The first kappa shape index (κ1) is 17.6. The van der Waals surface area contributed by atoms with E-state index in [2.05, 4.69) is 4.98 Å². The molecule has 140 valence electrons. The van der Waals surface area contributed by atoms with Gasteiger partial charge in [0.05, 0.1) is 6.54 Å². The number of aromatic nitrogens is 1. The maximum atomic E-state index is 13.2. The highest BCUT2D eigenvalue weighted by atomic mass is 35.5. The molecule has 2 aromatic heterocycles. The monoisotopic (exact) mass is 388 g/mol. The first-order chi connectivity index (χ1) is 13.0. The number of carboxylic acid groups (broad SMARTS) is 1. The third kappa shape index (κ3) is 3.55. The summed E-state index contributed by atoms with van der Waals surface area (Å²) >= 11 is 5.78. The Morgan fingerprint density at radius 2 is 1.96 bits per heavy atom. The lowest BCUT2D eigenvalue weighted by atomic mass is 10.1. The van der Waals surface area contributed by atoms with Crippen LogP contribution in [0.4, 0.5) is 0 Å². The molecule has 0 spiro atoms. The number of nitrogens with zero attached hydrogens (tertiary/aromatic N) is 2. The van der Waals surface area contributed by atoms with E-state index in [1.807, 2.05) is 0 Å². The van der Waals surface area contributed by atoms with E-state index in [0.29, 0.717) is 22.4 Å². The summed E-state index contributed by atoms with van der Waals surface area (Å²) in [6, 6.07) is 8.10. The van der Waals surface area contributed by atoms with Gasteiger partial charge in [0.2, 0.25) is 5.76 Å². The number of carboxylic acids is 1. The zero-order chi connectivity index (χ0) is 19.0. The molecular weight excluding hydrogens is 372 g/mol. The number of oxazole rings is 1. The van der Waals surface area contributed by atoms with Gasteiger partial charge < -0.3 is 18.8 Å². The van der Waals surface area contributed by atoms with Crippen molar-refractivity contribution in [2.75, 3.05) is 0 Å². The number of fused-ring (bicyclic) bond motifs is 1. The van der Waals surface area contributed by atoms with Gasteiger partial charge in [0.25, 0.3) is 11.3 Å². The van der Waals surface area contributed by atoms with Crippen molar-refractivity contribution >= 4 is 34.6 Å². The van der Waals surface area contributed by atoms with Crippen LogP contribution in [0.15, 0.2) is 39.2 Å². The molecule has 1 N–H and O–H groups in total. The van der Waals surface area contributed by atoms with Crippen LogP contribution in [0.1, 0.15) is 52.4 Å². The molecule has 4 rings (SSSR count). The van der Waals surface area contributed by atoms with E-state index in [0.717, 1.165) is 25.7 Å². The molecule has 1 saturated carbocycles. The Hall–Kier alpha value is -2.80. The lowest BCUT2D eigenvalue weighted by molar-refractivity contribution is 0.0634. The van der Waals surface area contributed by atoms with E-state index >= 15 is 0 Å². The molecule has 27 heavy (non-hydrogen) atoms. The number of furan rings is 1. The molecule has 3 aromatic rings. The first-order valence-electron chi connectivity index (χ1n) is 8.70. The van der Waals surface area contributed by atoms with Crippen LogP contribution < -0.4 is 0 Å². The summed E-state index contributed by atoms with van der Waals surface area (Å²) in [6.45, 7) is 0.214. The minimum absolute atomic E-state index is 0.0269. The number of benzene rings is 1. The van der Waals surface area contributed by atoms with Crippen LogP contribution >= 0.6 is 11.6 Å². The van der Waals surface area contributed by atoms with Crippen molar-refractivity contribution in [3.8, 4) is 0 Å². The molecule has 2 heterocycles. The Morgan fingerprint density at radius 1 is 1.19 bits per heavy atom. The highest BCUT2D eigenvalue weighted by Crippen LogP contribution is 2.28. The highest BCUT2D eigenvalue weighted by molar-refractivity contribution is 6.28. The van der Waals surface area contributed by atoms with Crippen LogP contribution in [-0.4, -0.2) is 32.9 Å². The number of halogens is 1. The summed E-state index contributed by atoms with van der Waals surface area (Å²) in [4.78, 5) is 30.0. The number of aromatic carboxylic acids is 1. The fourth-order valence-electron chi connectivity index (χ4n) is 3.52. The molecule has 8 heteroatoms. The number of rotatable bonds is 5. The molecule has 0 unspecified atom stereocenters. The van der Waals surface area contributed by atoms with Gasteiger partial charge in [-0.25, -0.2) is 4.79 Å². The third-order valence-electron chi connectivity index (χ3n) is 4.83. The van der Waals surface area contributed by atoms with Gasteiger partial charge in [-0.2, -0.15) is 4.98 Å². The molecule has 1 fully saturated rings. The predicted molar refractivity (Wildman–Crippen MR) is 96.8 cm³/mol. The van der Waals surface area contributed by atoms with Gasteiger partial charge in [-0.3, -0.25) is 4.79 Å². The molecule has 0 saturated heterocycles. The van der Waals surface area contributed by atoms with E-state index in [1.165, 1.54) is 6.07 Å². The van der Waals surface area contributed by atoms with Crippen molar-refractivity contribution in [3.05, 3.63) is 52.8 Å². The summed E-state index contributed by atoms with van der Waals surface area (Å²) in [6.07, 6.45) is 3.94. The zero-order valence-electron chi connectivity index (χ0n) is 14.4. The number of amides is 1. The van der Waals surface area contributed by atoms with Crippen molar-refractivity contribution in [1.29, 1.82) is 0 Å². The maximum Gasteiger partial charge on any atom is 0.371 e. The van der Waals surface area contributed by atoms with Crippen LogP contribution in [0.5, 0.6) is 0 Å². The van der Waals surface area contributed by atoms with Gasteiger partial charge in [-0.15, -0.1) is 0 Å². The van der Waals surface area contributed by atoms with E-state index in [4.69, 9.17) is 25.5 Å². The van der Waals surface area contributed by atoms with Crippen LogP contribution in [0, 0.1) is 0 Å². The molecule has 1 aromatic carbocycles. The van der Waals surface area contributed by atoms with Crippen LogP contribution in [0.25, 0.3) is 11.1 Å². The average Bonchev–Trinajstić information content (AvgIpc) is 3.37. The minimum atomic E-state index is -1.13. The molecular formula is C19H17ClN2O5. The smallest absolute Gasteiger partial charge is 0.371 e. The number of carbonyl (C=O) groups is 2. The maximum absolute atomic E-state index is 13.2. The van der Waals surface area contributed by atoms with E-state index in [1.54, 1.807) is 29.2 Å². The molecule has 1 amide bonds. The summed E-state index contributed by atoms with van der Waals surface area (Å²) in [5, 5.41) is 9.06. The Kier molecular flexibility index (Phi) is 4.61. The Bertz CT molecular complexity index is 1000. The second-order valence-corrected chi connectivity index (χ2v) is 6.92. The van der Waals surface area contributed by atoms with Gasteiger partial charge in [0, 0.05) is 11.6 Å². The van der Waals surface area contributed by atoms with Gasteiger partial charge >= 0.3 is 5.97 Å². The van der Waals surface area contributed by atoms with Gasteiger partial charge in [0.1, 0.15) is 11.3 Å². The summed E-state index contributed by atoms with van der Waals surface area (Å²) < 4.78 is 10.7. The average molecular weight is 389 g/mol. The minimum Gasteiger partial charge on any atom is -0.475 e. The summed E-state index contributed by atoms with van der Waals surface area (Å²) in [5.41, 5.74) is 1.50. The lowest BCUT2D eigenvalue weighted by Gasteiger charge is -2.28. The normalized spacial score (nSPS) is 14.7. The van der Waals surface area contributed by atoms with Gasteiger partial charge in [0.15, 0.2) is 5.58 Å². The van der Waals surface area contributed by atoms with Crippen molar-refractivity contribution in [1.82, 2.24) is 9.88 Å². The third-order valence-corrected chi connectivity index (χ3v) is 5.00. The highest BCUT2D eigenvalue weighted by Gasteiger charge is 2.29. The molecule has 1 aliphatic carbocycles. The molecule has 0 bridgehead atoms. The fraction of sp³-hybridized carbons (Fsp3) is 0.316. The van der Waals surface area contributed by atoms with Crippen molar-refractivity contribution < 1.29 is 23.5 Å².